The summed E-state index contributed by atoms with van der Waals surface area (Å²) in [5.74, 6) is 0. The molecule has 0 amide bonds. The quantitative estimate of drug-likeness (QED) is 0.910. The zero-order valence-electron chi connectivity index (χ0n) is 10.4. The van der Waals surface area contributed by atoms with Gasteiger partial charge in [-0.3, -0.25) is 4.98 Å². The Hall–Kier alpha value is -1.19. The highest BCUT2D eigenvalue weighted by molar-refractivity contribution is 9.10. The maximum Gasteiger partial charge on any atom is 0.0416 e. The van der Waals surface area contributed by atoms with Gasteiger partial charge in [0.15, 0.2) is 0 Å². The molecule has 1 atom stereocenters. The number of nitrogens with zero attached hydrogens (tertiary/aromatic N) is 1. The fraction of sp³-hybridized carbons (Fsp3) is 0.267. The molecule has 0 aliphatic heterocycles. The van der Waals surface area contributed by atoms with E-state index in [-0.39, 0.29) is 0 Å². The summed E-state index contributed by atoms with van der Waals surface area (Å²) in [4.78, 5) is 4.31. The number of rotatable bonds is 5. The Bertz CT molecular complexity index is 485. The van der Waals surface area contributed by atoms with Gasteiger partial charge >= 0.3 is 0 Å². The van der Waals surface area contributed by atoms with Crippen LogP contribution in [0.1, 0.15) is 24.2 Å². The van der Waals surface area contributed by atoms with E-state index < -0.39 is 0 Å². The lowest BCUT2D eigenvalue weighted by molar-refractivity contribution is 0.574. The minimum atomic E-state index is 0.353. The molecule has 2 aromatic rings. The van der Waals surface area contributed by atoms with E-state index in [1.165, 1.54) is 5.56 Å². The zero-order valence-corrected chi connectivity index (χ0v) is 12.0. The van der Waals surface area contributed by atoms with Gasteiger partial charge in [-0.25, -0.2) is 0 Å². The normalized spacial score (nSPS) is 12.3. The summed E-state index contributed by atoms with van der Waals surface area (Å²) in [6.07, 6.45) is 2.80. The number of hydrogen-bond donors (Lipinski definition) is 1. The lowest BCUT2D eigenvalue weighted by atomic mass is 10.1. The largest absolute Gasteiger partial charge is 0.310 e. The standard InChI is InChI=1S/C15H17BrN2/c1-12(13-5-4-6-14(16)11-13)17-10-8-15-7-2-3-9-18-15/h2-7,9,11-12,17H,8,10H2,1H3/t12-/m1/s1. The summed E-state index contributed by atoms with van der Waals surface area (Å²) in [5.41, 5.74) is 2.43. The molecule has 0 saturated carbocycles. The topological polar surface area (TPSA) is 24.9 Å². The molecule has 2 nitrogen and oxygen atoms in total. The first-order valence-electron chi connectivity index (χ1n) is 6.14. The van der Waals surface area contributed by atoms with Crippen LogP contribution in [0.5, 0.6) is 0 Å². The van der Waals surface area contributed by atoms with Gasteiger partial charge in [0, 0.05) is 35.4 Å². The molecule has 0 bridgehead atoms. The first kappa shape index (κ1) is 13.2. The van der Waals surface area contributed by atoms with Crippen LogP contribution in [0.15, 0.2) is 53.1 Å². The number of aromatic nitrogens is 1. The molecule has 0 aliphatic rings. The Labute approximate surface area is 117 Å². The van der Waals surface area contributed by atoms with E-state index in [1.54, 1.807) is 0 Å². The second-order valence-electron chi connectivity index (χ2n) is 4.30. The van der Waals surface area contributed by atoms with Crippen molar-refractivity contribution in [3.63, 3.8) is 0 Å². The summed E-state index contributed by atoms with van der Waals surface area (Å²) in [5, 5.41) is 3.51. The molecule has 1 aromatic heterocycles. The minimum absolute atomic E-state index is 0.353. The van der Waals surface area contributed by atoms with Gasteiger partial charge in [-0.15, -0.1) is 0 Å². The Balaban J connectivity index is 1.83. The maximum absolute atomic E-state index is 4.31. The van der Waals surface area contributed by atoms with Crippen LogP contribution in [0.3, 0.4) is 0 Å². The average molecular weight is 305 g/mol. The van der Waals surface area contributed by atoms with Crippen molar-refractivity contribution in [1.29, 1.82) is 0 Å². The summed E-state index contributed by atoms with van der Waals surface area (Å²) >= 11 is 3.50. The number of benzene rings is 1. The predicted octanol–water partition coefficient (Wildman–Crippen LogP) is 3.74. The smallest absolute Gasteiger partial charge is 0.0416 e. The van der Waals surface area contributed by atoms with E-state index in [0.717, 1.165) is 23.1 Å². The van der Waals surface area contributed by atoms with E-state index in [0.29, 0.717) is 6.04 Å². The van der Waals surface area contributed by atoms with Gasteiger partial charge in [0.1, 0.15) is 0 Å². The van der Waals surface area contributed by atoms with E-state index >= 15 is 0 Å². The van der Waals surface area contributed by atoms with E-state index in [9.17, 15) is 0 Å². The SMILES string of the molecule is C[C@@H](NCCc1ccccn1)c1cccc(Br)c1. The van der Waals surface area contributed by atoms with Gasteiger partial charge in [0.2, 0.25) is 0 Å². The van der Waals surface area contributed by atoms with Crippen molar-refractivity contribution in [3.8, 4) is 0 Å². The number of halogens is 1. The molecule has 18 heavy (non-hydrogen) atoms. The highest BCUT2D eigenvalue weighted by Crippen LogP contribution is 2.17. The molecular weight excluding hydrogens is 288 g/mol. The van der Waals surface area contributed by atoms with Crippen LogP contribution in [0.4, 0.5) is 0 Å². The van der Waals surface area contributed by atoms with Crippen molar-refractivity contribution in [2.45, 2.75) is 19.4 Å². The zero-order chi connectivity index (χ0) is 12.8. The van der Waals surface area contributed by atoms with Gasteiger partial charge < -0.3 is 5.32 Å². The Morgan fingerprint density at radius 1 is 1.22 bits per heavy atom. The number of hydrogen-bond acceptors (Lipinski definition) is 2. The van der Waals surface area contributed by atoms with Crippen LogP contribution < -0.4 is 5.32 Å². The van der Waals surface area contributed by atoms with E-state index in [2.05, 4.69) is 57.4 Å². The van der Waals surface area contributed by atoms with E-state index in [4.69, 9.17) is 0 Å². The summed E-state index contributed by atoms with van der Waals surface area (Å²) in [6, 6.07) is 14.8. The lowest BCUT2D eigenvalue weighted by Gasteiger charge is -2.14. The monoisotopic (exact) mass is 304 g/mol. The average Bonchev–Trinajstić information content (AvgIpc) is 2.40. The maximum atomic E-state index is 4.31. The molecule has 0 saturated heterocycles. The number of nitrogens with one attached hydrogen (secondary N) is 1. The third kappa shape index (κ3) is 3.93. The van der Waals surface area contributed by atoms with Crippen molar-refractivity contribution in [2.75, 3.05) is 6.54 Å². The van der Waals surface area contributed by atoms with Crippen LogP contribution in [0, 0.1) is 0 Å². The molecule has 0 radical (unpaired) electrons. The van der Waals surface area contributed by atoms with Crippen LogP contribution >= 0.6 is 15.9 Å². The molecule has 1 heterocycles. The molecular formula is C15H17BrN2. The molecule has 0 spiro atoms. The van der Waals surface area contributed by atoms with Gasteiger partial charge in [0.25, 0.3) is 0 Å². The summed E-state index contributed by atoms with van der Waals surface area (Å²) < 4.78 is 1.12. The Morgan fingerprint density at radius 2 is 2.11 bits per heavy atom. The van der Waals surface area contributed by atoms with Crippen LogP contribution in [0.2, 0.25) is 0 Å². The predicted molar refractivity (Wildman–Crippen MR) is 78.5 cm³/mol. The molecule has 1 aromatic carbocycles. The van der Waals surface area contributed by atoms with Gasteiger partial charge in [-0.1, -0.05) is 34.1 Å². The van der Waals surface area contributed by atoms with Gasteiger partial charge in [-0.05, 0) is 36.8 Å². The van der Waals surface area contributed by atoms with Crippen molar-refractivity contribution in [2.24, 2.45) is 0 Å². The Morgan fingerprint density at radius 3 is 2.83 bits per heavy atom. The van der Waals surface area contributed by atoms with Gasteiger partial charge in [0.05, 0.1) is 0 Å². The minimum Gasteiger partial charge on any atom is -0.310 e. The third-order valence-corrected chi connectivity index (χ3v) is 3.40. The molecule has 0 fully saturated rings. The second kappa shape index (κ2) is 6.66. The molecule has 94 valence electrons. The molecule has 0 unspecified atom stereocenters. The van der Waals surface area contributed by atoms with Crippen LogP contribution in [-0.2, 0) is 6.42 Å². The molecule has 3 heteroatoms. The third-order valence-electron chi connectivity index (χ3n) is 2.91. The first-order valence-corrected chi connectivity index (χ1v) is 6.94. The van der Waals surface area contributed by atoms with Crippen molar-refractivity contribution < 1.29 is 0 Å². The van der Waals surface area contributed by atoms with Crippen LogP contribution in [0.25, 0.3) is 0 Å². The highest BCUT2D eigenvalue weighted by Gasteiger charge is 2.04. The second-order valence-corrected chi connectivity index (χ2v) is 5.22. The van der Waals surface area contributed by atoms with E-state index in [1.807, 2.05) is 24.4 Å². The fourth-order valence-electron chi connectivity index (χ4n) is 1.86. The summed E-state index contributed by atoms with van der Waals surface area (Å²) in [6.45, 7) is 3.12. The van der Waals surface area contributed by atoms with Crippen LogP contribution in [-0.4, -0.2) is 11.5 Å². The molecule has 0 aliphatic carbocycles. The molecule has 2 rings (SSSR count). The Kier molecular flexibility index (Phi) is 4.90. The fourth-order valence-corrected chi connectivity index (χ4v) is 2.27. The molecule has 1 N–H and O–H groups in total. The number of pyridine rings is 1. The van der Waals surface area contributed by atoms with Crippen molar-refractivity contribution in [3.05, 3.63) is 64.4 Å². The summed E-state index contributed by atoms with van der Waals surface area (Å²) in [7, 11) is 0. The lowest BCUT2D eigenvalue weighted by Crippen LogP contribution is -2.21. The van der Waals surface area contributed by atoms with Gasteiger partial charge in [-0.2, -0.15) is 0 Å². The van der Waals surface area contributed by atoms with Crippen molar-refractivity contribution in [1.82, 2.24) is 10.3 Å². The van der Waals surface area contributed by atoms with Crippen molar-refractivity contribution >= 4 is 15.9 Å². The highest BCUT2D eigenvalue weighted by atomic mass is 79.9. The first-order chi connectivity index (χ1) is 8.75.